The van der Waals surface area contributed by atoms with Crippen molar-refractivity contribution in [2.45, 2.75) is 77.1 Å². The molecule has 0 aliphatic rings. The van der Waals surface area contributed by atoms with Crippen LogP contribution in [0.15, 0.2) is 12.3 Å². The first-order valence-electron chi connectivity index (χ1n) is 7.95. The lowest BCUT2D eigenvalue weighted by Gasteiger charge is -2.12. The van der Waals surface area contributed by atoms with Crippen molar-refractivity contribution in [2.75, 3.05) is 6.61 Å². The predicted octanol–water partition coefficient (Wildman–Crippen LogP) is 4.04. The van der Waals surface area contributed by atoms with Crippen LogP contribution in [0.1, 0.15) is 51.4 Å². The number of hydrogen-bond donors (Lipinski definition) is 0. The smallest absolute Gasteiger partial charge is 0.306 e. The highest BCUT2D eigenvalue weighted by Crippen LogP contribution is 2.12. The van der Waals surface area contributed by atoms with Crippen molar-refractivity contribution in [1.82, 2.24) is 0 Å². The summed E-state index contributed by atoms with van der Waals surface area (Å²) in [7, 11) is 1.70. The van der Waals surface area contributed by atoms with Gasteiger partial charge in [-0.25, -0.2) is 0 Å². The topological polar surface area (TPSA) is 27.7 Å². The molecule has 0 aliphatic heterocycles. The molecule has 0 bridgehead atoms. The van der Waals surface area contributed by atoms with E-state index < -0.39 is 0 Å². The van der Waals surface area contributed by atoms with E-state index in [2.05, 4.69) is 19.2 Å². The summed E-state index contributed by atoms with van der Waals surface area (Å²) in [4.78, 5) is 0. The zero-order chi connectivity index (χ0) is 15.6. The number of hydrogen-bond acceptors (Lipinski definition) is 3. The molecular formula is C15H30O3Si3. The average molecular weight is 343 g/mol. The minimum Gasteiger partial charge on any atom is -0.547 e. The standard InChI is InChI=1S/C15H30O3Si3/c1-19-16-13-10-8-6-4-5-7-9-11-15(18-21-3)12-14-17-20-2/h12,14-15H,4-11,13H2,1-3H3. The molecule has 0 fully saturated rings. The lowest BCUT2D eigenvalue weighted by molar-refractivity contribution is 0.244. The summed E-state index contributed by atoms with van der Waals surface area (Å²) in [5.74, 6) is 0. The minimum absolute atomic E-state index is 0.233. The lowest BCUT2D eigenvalue weighted by Crippen LogP contribution is -2.11. The highest BCUT2D eigenvalue weighted by Gasteiger charge is 2.04. The SMILES string of the molecule is C[Si]OC=CC(CCCCCCCCCO[Si]C)O[Si]C. The largest absolute Gasteiger partial charge is 0.547 e. The first-order valence-corrected chi connectivity index (χ1v) is 12.2. The molecule has 0 aromatic rings. The Morgan fingerprint density at radius 1 is 0.810 bits per heavy atom. The summed E-state index contributed by atoms with van der Waals surface area (Å²) in [5.41, 5.74) is 0. The number of rotatable bonds is 16. The summed E-state index contributed by atoms with van der Waals surface area (Å²) in [6, 6.07) is 0. The predicted molar refractivity (Wildman–Crippen MR) is 92.8 cm³/mol. The van der Waals surface area contributed by atoms with Gasteiger partial charge in [-0.1, -0.05) is 38.5 Å². The van der Waals surface area contributed by atoms with Gasteiger partial charge in [-0.3, -0.25) is 0 Å². The second-order valence-corrected chi connectivity index (χ2v) is 6.81. The van der Waals surface area contributed by atoms with E-state index in [0.29, 0.717) is 29.3 Å². The van der Waals surface area contributed by atoms with E-state index in [9.17, 15) is 0 Å². The van der Waals surface area contributed by atoms with Crippen LogP contribution in [-0.2, 0) is 13.3 Å². The van der Waals surface area contributed by atoms with Crippen LogP contribution in [-0.4, -0.2) is 42.0 Å². The lowest BCUT2D eigenvalue weighted by atomic mass is 10.1. The van der Waals surface area contributed by atoms with E-state index in [-0.39, 0.29) is 6.10 Å². The summed E-state index contributed by atoms with van der Waals surface area (Å²) < 4.78 is 16.4. The molecule has 0 saturated heterocycles. The molecule has 0 heterocycles. The molecule has 21 heavy (non-hydrogen) atoms. The fourth-order valence-corrected chi connectivity index (χ4v) is 3.11. The maximum absolute atomic E-state index is 5.72. The highest BCUT2D eigenvalue weighted by atomic mass is 28.2. The van der Waals surface area contributed by atoms with E-state index in [1.165, 1.54) is 44.9 Å². The van der Waals surface area contributed by atoms with Crippen molar-refractivity contribution in [3.63, 3.8) is 0 Å². The zero-order valence-corrected chi connectivity index (χ0v) is 16.8. The quantitative estimate of drug-likeness (QED) is 0.241. The van der Waals surface area contributed by atoms with Gasteiger partial charge in [0.25, 0.3) is 0 Å². The minimum atomic E-state index is 0.233. The molecule has 0 aromatic carbocycles. The van der Waals surface area contributed by atoms with Crippen LogP contribution >= 0.6 is 0 Å². The van der Waals surface area contributed by atoms with Crippen LogP contribution in [0.4, 0.5) is 0 Å². The molecule has 0 amide bonds. The molecule has 0 aromatic heterocycles. The van der Waals surface area contributed by atoms with Crippen molar-refractivity contribution >= 4 is 29.3 Å². The normalized spacial score (nSPS) is 12.9. The van der Waals surface area contributed by atoms with Crippen LogP contribution in [0.3, 0.4) is 0 Å². The van der Waals surface area contributed by atoms with E-state index >= 15 is 0 Å². The van der Waals surface area contributed by atoms with Crippen LogP contribution in [0.2, 0.25) is 19.6 Å². The van der Waals surface area contributed by atoms with Crippen molar-refractivity contribution in [2.24, 2.45) is 0 Å². The molecule has 0 rings (SSSR count). The third kappa shape index (κ3) is 16.3. The van der Waals surface area contributed by atoms with Crippen molar-refractivity contribution in [3.05, 3.63) is 12.3 Å². The van der Waals surface area contributed by atoms with Gasteiger partial charge in [-0.05, 0) is 38.6 Å². The molecule has 0 aliphatic carbocycles. The van der Waals surface area contributed by atoms with Gasteiger partial charge in [-0.15, -0.1) is 0 Å². The van der Waals surface area contributed by atoms with E-state index in [0.717, 1.165) is 13.0 Å². The number of unbranched alkanes of at least 4 members (excludes halogenated alkanes) is 6. The van der Waals surface area contributed by atoms with Crippen LogP contribution in [0, 0.1) is 0 Å². The molecule has 1 atom stereocenters. The maximum atomic E-state index is 5.72. The molecule has 0 N–H and O–H groups in total. The zero-order valence-electron chi connectivity index (χ0n) is 13.8. The third-order valence-corrected chi connectivity index (χ3v) is 4.53. The average Bonchev–Trinajstić information content (AvgIpc) is 2.49. The van der Waals surface area contributed by atoms with Gasteiger partial charge in [-0.2, -0.15) is 0 Å². The fraction of sp³-hybridized carbons (Fsp3) is 0.867. The van der Waals surface area contributed by atoms with Crippen LogP contribution in [0.5, 0.6) is 0 Å². The second-order valence-electron chi connectivity index (χ2n) is 4.83. The molecule has 6 heteroatoms. The van der Waals surface area contributed by atoms with Gasteiger partial charge < -0.3 is 13.3 Å². The Morgan fingerprint density at radius 2 is 1.48 bits per heavy atom. The van der Waals surface area contributed by atoms with Crippen LogP contribution < -0.4 is 0 Å². The van der Waals surface area contributed by atoms with Gasteiger partial charge in [0.2, 0.25) is 19.5 Å². The second kappa shape index (κ2) is 18.2. The van der Waals surface area contributed by atoms with Gasteiger partial charge in [0.15, 0.2) is 0 Å². The monoisotopic (exact) mass is 342 g/mol. The Bertz CT molecular complexity index is 228. The molecule has 0 spiro atoms. The molecule has 3 nitrogen and oxygen atoms in total. The molecule has 1 unspecified atom stereocenters. The van der Waals surface area contributed by atoms with E-state index in [1.807, 2.05) is 6.55 Å². The maximum Gasteiger partial charge on any atom is 0.306 e. The summed E-state index contributed by atoms with van der Waals surface area (Å²) in [6.07, 6.45) is 14.3. The Kier molecular flexibility index (Phi) is 18.3. The summed E-state index contributed by atoms with van der Waals surface area (Å²) >= 11 is 0. The Balaban J connectivity index is 3.40. The summed E-state index contributed by atoms with van der Waals surface area (Å²) in [5, 5.41) is 0. The molecule has 6 radical (unpaired) electrons. The van der Waals surface area contributed by atoms with Gasteiger partial charge in [0, 0.05) is 6.61 Å². The van der Waals surface area contributed by atoms with E-state index in [4.69, 9.17) is 13.3 Å². The Morgan fingerprint density at radius 3 is 2.10 bits per heavy atom. The fourth-order valence-electron chi connectivity index (χ4n) is 2.05. The first kappa shape index (κ1) is 21.1. The van der Waals surface area contributed by atoms with Gasteiger partial charge in [0.1, 0.15) is 0 Å². The molecular weight excluding hydrogens is 312 g/mol. The van der Waals surface area contributed by atoms with Gasteiger partial charge in [0.05, 0.1) is 12.4 Å². The van der Waals surface area contributed by atoms with Crippen molar-refractivity contribution in [1.29, 1.82) is 0 Å². The molecule has 0 saturated carbocycles. The van der Waals surface area contributed by atoms with E-state index in [1.54, 1.807) is 6.26 Å². The summed E-state index contributed by atoms with van der Waals surface area (Å²) in [6.45, 7) is 7.13. The highest BCUT2D eigenvalue weighted by molar-refractivity contribution is 6.25. The van der Waals surface area contributed by atoms with Gasteiger partial charge >= 0.3 is 9.76 Å². The van der Waals surface area contributed by atoms with Crippen molar-refractivity contribution in [3.8, 4) is 0 Å². The Labute approximate surface area is 139 Å². The Hall–Kier alpha value is 0.111. The first-order chi connectivity index (χ1) is 10.3. The molecule has 120 valence electrons. The van der Waals surface area contributed by atoms with Crippen LogP contribution in [0.25, 0.3) is 0 Å². The van der Waals surface area contributed by atoms with Crippen molar-refractivity contribution < 1.29 is 13.3 Å². The third-order valence-electron chi connectivity index (χ3n) is 3.13.